The molecule has 3 heteroatoms. The fraction of sp³-hybridized carbons (Fsp3) is 1.00. The van der Waals surface area contributed by atoms with Gasteiger partial charge in [0.15, 0.2) is 0 Å². The summed E-state index contributed by atoms with van der Waals surface area (Å²) in [5.74, 6) is 0. The minimum atomic E-state index is -0.178. The minimum absolute atomic E-state index is 0.178. The molecule has 17 heavy (non-hydrogen) atoms. The van der Waals surface area contributed by atoms with Gasteiger partial charge in [-0.15, -0.1) is 0 Å². The van der Waals surface area contributed by atoms with Gasteiger partial charge in [-0.1, -0.05) is 19.8 Å². The summed E-state index contributed by atoms with van der Waals surface area (Å²) in [6, 6.07) is 0.583. The number of ether oxygens (including phenoxy) is 1. The lowest BCUT2D eigenvalue weighted by molar-refractivity contribution is -0.173. The first-order valence-corrected chi connectivity index (χ1v) is 7.26. The van der Waals surface area contributed by atoms with Crippen molar-refractivity contribution in [1.82, 2.24) is 5.32 Å². The first kappa shape index (κ1) is 13.3. The van der Waals surface area contributed by atoms with Crippen molar-refractivity contribution in [1.29, 1.82) is 0 Å². The Kier molecular flexibility index (Phi) is 4.45. The van der Waals surface area contributed by atoms with E-state index in [-0.39, 0.29) is 6.10 Å². The van der Waals surface area contributed by atoms with Crippen LogP contribution >= 0.6 is 0 Å². The third kappa shape index (κ3) is 2.51. The molecule has 1 spiro atoms. The van der Waals surface area contributed by atoms with Crippen molar-refractivity contribution in [3.8, 4) is 0 Å². The lowest BCUT2D eigenvalue weighted by Gasteiger charge is -2.61. The van der Waals surface area contributed by atoms with E-state index in [1.165, 1.54) is 19.3 Å². The zero-order chi connectivity index (χ0) is 12.3. The fourth-order valence-corrected chi connectivity index (χ4v) is 3.44. The molecule has 3 atom stereocenters. The molecular weight excluding hydrogens is 214 g/mol. The normalized spacial score (nSPS) is 31.9. The number of aliphatic hydroxyl groups excluding tert-OH is 1. The van der Waals surface area contributed by atoms with E-state index in [1.807, 2.05) is 0 Å². The molecule has 3 unspecified atom stereocenters. The topological polar surface area (TPSA) is 41.5 Å². The van der Waals surface area contributed by atoms with Crippen LogP contribution in [0, 0.1) is 5.41 Å². The lowest BCUT2D eigenvalue weighted by Crippen LogP contribution is -2.67. The lowest BCUT2D eigenvalue weighted by atomic mass is 9.51. The maximum absolute atomic E-state index is 9.75. The first-order valence-electron chi connectivity index (χ1n) is 7.26. The monoisotopic (exact) mass is 241 g/mol. The van der Waals surface area contributed by atoms with Gasteiger partial charge in [0, 0.05) is 24.6 Å². The van der Waals surface area contributed by atoms with Crippen LogP contribution in [0.2, 0.25) is 0 Å². The average molecular weight is 241 g/mol. The number of hydrogen-bond acceptors (Lipinski definition) is 3. The summed E-state index contributed by atoms with van der Waals surface area (Å²) < 4.78 is 5.82. The van der Waals surface area contributed by atoms with Gasteiger partial charge in [0.05, 0.1) is 12.2 Å². The molecule has 0 aromatic rings. The Balaban J connectivity index is 1.75. The third-order valence-corrected chi connectivity index (χ3v) is 4.66. The summed E-state index contributed by atoms with van der Waals surface area (Å²) in [4.78, 5) is 0. The molecule has 0 radical (unpaired) electrons. The number of aliphatic hydroxyl groups is 1. The predicted octanol–water partition coefficient (Wildman–Crippen LogP) is 2.08. The molecular formula is C14H27NO2. The van der Waals surface area contributed by atoms with E-state index in [0.717, 1.165) is 32.4 Å². The summed E-state index contributed by atoms with van der Waals surface area (Å²) in [5.41, 5.74) is 0.419. The standard InChI is InChI=1S/C14H27NO2/c1-3-6-11(16)10-15-12-9-13(17-4-2)14(12)7-5-8-14/h11-13,15-16H,3-10H2,1-2H3. The van der Waals surface area contributed by atoms with Crippen molar-refractivity contribution >= 4 is 0 Å². The van der Waals surface area contributed by atoms with Crippen LogP contribution in [0.3, 0.4) is 0 Å². The Morgan fingerprint density at radius 1 is 1.41 bits per heavy atom. The zero-order valence-electron chi connectivity index (χ0n) is 11.2. The summed E-state index contributed by atoms with van der Waals surface area (Å²) >= 11 is 0. The van der Waals surface area contributed by atoms with Crippen molar-refractivity contribution in [3.05, 3.63) is 0 Å². The van der Waals surface area contributed by atoms with E-state index in [0.29, 0.717) is 17.6 Å². The summed E-state index contributed by atoms with van der Waals surface area (Å²) in [6.07, 6.45) is 7.34. The Bertz CT molecular complexity index is 240. The molecule has 0 saturated heterocycles. The molecule has 0 heterocycles. The molecule has 100 valence electrons. The second-order valence-electron chi connectivity index (χ2n) is 5.67. The van der Waals surface area contributed by atoms with Crippen LogP contribution in [0.15, 0.2) is 0 Å². The van der Waals surface area contributed by atoms with Crippen molar-refractivity contribution < 1.29 is 9.84 Å². The van der Waals surface area contributed by atoms with Crippen molar-refractivity contribution in [2.75, 3.05) is 13.2 Å². The fourth-order valence-electron chi connectivity index (χ4n) is 3.44. The first-order chi connectivity index (χ1) is 8.23. The maximum Gasteiger partial charge on any atom is 0.0664 e. The highest BCUT2D eigenvalue weighted by Crippen LogP contribution is 2.57. The maximum atomic E-state index is 9.75. The smallest absolute Gasteiger partial charge is 0.0664 e. The summed E-state index contributed by atoms with van der Waals surface area (Å²) in [5, 5.41) is 13.3. The highest BCUT2D eigenvalue weighted by Gasteiger charge is 2.58. The molecule has 0 aliphatic heterocycles. The van der Waals surface area contributed by atoms with E-state index in [4.69, 9.17) is 4.74 Å². The Morgan fingerprint density at radius 3 is 2.71 bits per heavy atom. The van der Waals surface area contributed by atoms with E-state index >= 15 is 0 Å². The van der Waals surface area contributed by atoms with E-state index in [9.17, 15) is 5.11 Å². The Labute approximate surface area is 105 Å². The molecule has 2 saturated carbocycles. The highest BCUT2D eigenvalue weighted by molar-refractivity contribution is 5.12. The molecule has 2 rings (SSSR count). The predicted molar refractivity (Wildman–Crippen MR) is 69.0 cm³/mol. The minimum Gasteiger partial charge on any atom is -0.392 e. The van der Waals surface area contributed by atoms with Gasteiger partial charge in [-0.05, 0) is 32.6 Å². The van der Waals surface area contributed by atoms with Gasteiger partial charge in [0.2, 0.25) is 0 Å². The van der Waals surface area contributed by atoms with Gasteiger partial charge in [-0.25, -0.2) is 0 Å². The Hall–Kier alpha value is -0.120. The largest absolute Gasteiger partial charge is 0.392 e. The number of hydrogen-bond donors (Lipinski definition) is 2. The van der Waals surface area contributed by atoms with E-state index < -0.39 is 0 Å². The van der Waals surface area contributed by atoms with Gasteiger partial charge in [-0.3, -0.25) is 0 Å². The molecule has 2 N–H and O–H groups in total. The summed E-state index contributed by atoms with van der Waals surface area (Å²) in [6.45, 7) is 5.78. The second kappa shape index (κ2) is 5.68. The van der Waals surface area contributed by atoms with Gasteiger partial charge in [0.1, 0.15) is 0 Å². The van der Waals surface area contributed by atoms with E-state index in [1.54, 1.807) is 0 Å². The van der Waals surface area contributed by atoms with Crippen LogP contribution in [0.25, 0.3) is 0 Å². The van der Waals surface area contributed by atoms with Crippen molar-refractivity contribution in [2.45, 2.75) is 70.6 Å². The molecule has 0 amide bonds. The third-order valence-electron chi connectivity index (χ3n) is 4.66. The van der Waals surface area contributed by atoms with Gasteiger partial charge >= 0.3 is 0 Å². The molecule has 0 aromatic carbocycles. The molecule has 2 aliphatic rings. The van der Waals surface area contributed by atoms with Crippen LogP contribution in [-0.4, -0.2) is 36.5 Å². The second-order valence-corrected chi connectivity index (χ2v) is 5.67. The average Bonchev–Trinajstić information content (AvgIpc) is 2.20. The van der Waals surface area contributed by atoms with Crippen LogP contribution in [0.5, 0.6) is 0 Å². The molecule has 0 bridgehead atoms. The highest BCUT2D eigenvalue weighted by atomic mass is 16.5. The van der Waals surface area contributed by atoms with Crippen molar-refractivity contribution in [3.63, 3.8) is 0 Å². The van der Waals surface area contributed by atoms with Crippen LogP contribution < -0.4 is 5.32 Å². The van der Waals surface area contributed by atoms with Gasteiger partial charge < -0.3 is 15.2 Å². The number of rotatable bonds is 7. The van der Waals surface area contributed by atoms with Crippen LogP contribution in [0.1, 0.15) is 52.4 Å². The quantitative estimate of drug-likeness (QED) is 0.717. The van der Waals surface area contributed by atoms with Gasteiger partial charge in [0.25, 0.3) is 0 Å². The molecule has 2 aliphatic carbocycles. The van der Waals surface area contributed by atoms with Crippen molar-refractivity contribution in [2.24, 2.45) is 5.41 Å². The molecule has 2 fully saturated rings. The molecule has 0 aromatic heterocycles. The SMILES string of the molecule is CCCC(O)CNC1CC(OCC)C12CCC2. The van der Waals surface area contributed by atoms with Gasteiger partial charge in [-0.2, -0.15) is 0 Å². The molecule has 3 nitrogen and oxygen atoms in total. The zero-order valence-corrected chi connectivity index (χ0v) is 11.2. The van der Waals surface area contributed by atoms with Crippen LogP contribution in [0.4, 0.5) is 0 Å². The summed E-state index contributed by atoms with van der Waals surface area (Å²) in [7, 11) is 0. The van der Waals surface area contributed by atoms with E-state index in [2.05, 4.69) is 19.2 Å². The van der Waals surface area contributed by atoms with Crippen LogP contribution in [-0.2, 0) is 4.74 Å². The Morgan fingerprint density at radius 2 is 2.18 bits per heavy atom. The number of nitrogens with one attached hydrogen (secondary N) is 1.